The summed E-state index contributed by atoms with van der Waals surface area (Å²) >= 11 is 0. The maximum Gasteiger partial charge on any atom is 0.411 e. The second-order valence-corrected chi connectivity index (χ2v) is 5.07. The van der Waals surface area contributed by atoms with Crippen LogP contribution in [0.25, 0.3) is 0 Å². The van der Waals surface area contributed by atoms with Crippen molar-refractivity contribution >= 4 is 0 Å². The van der Waals surface area contributed by atoms with Gasteiger partial charge in [-0.25, -0.2) is 0 Å². The Morgan fingerprint density at radius 3 is 2.65 bits per heavy atom. The molecule has 1 rings (SSSR count). The second-order valence-electron chi connectivity index (χ2n) is 5.07. The zero-order valence-electron chi connectivity index (χ0n) is 10.6. The lowest BCUT2D eigenvalue weighted by Crippen LogP contribution is -2.48. The number of alkyl halides is 3. The van der Waals surface area contributed by atoms with Crippen molar-refractivity contribution in [2.24, 2.45) is 5.92 Å². The van der Waals surface area contributed by atoms with E-state index < -0.39 is 18.4 Å². The molecule has 0 aromatic carbocycles. The van der Waals surface area contributed by atoms with Crippen molar-refractivity contribution in [1.29, 1.82) is 0 Å². The molecular formula is C12H22F3NO. The predicted molar refractivity (Wildman–Crippen MR) is 60.9 cm³/mol. The molecule has 5 heteroatoms. The Labute approximate surface area is 101 Å². The molecule has 0 radical (unpaired) electrons. The SMILES string of the molecule is CCNCC1(OCC(F)(F)F)CCCC(C)C1. The summed E-state index contributed by atoms with van der Waals surface area (Å²) < 4.78 is 42.0. The average molecular weight is 253 g/mol. The molecule has 0 bridgehead atoms. The molecule has 0 saturated heterocycles. The van der Waals surface area contributed by atoms with E-state index in [9.17, 15) is 13.2 Å². The lowest BCUT2D eigenvalue weighted by Gasteiger charge is -2.40. The van der Waals surface area contributed by atoms with Crippen LogP contribution in [-0.4, -0.2) is 31.5 Å². The Kier molecular flexibility index (Phi) is 5.25. The number of halogens is 3. The van der Waals surface area contributed by atoms with Gasteiger partial charge in [0.05, 0.1) is 5.60 Å². The molecular weight excluding hydrogens is 231 g/mol. The fraction of sp³-hybridized carbons (Fsp3) is 1.00. The van der Waals surface area contributed by atoms with Gasteiger partial charge in [0.2, 0.25) is 0 Å². The maximum absolute atomic E-state index is 12.3. The minimum atomic E-state index is -4.24. The molecule has 2 atom stereocenters. The first-order valence-corrected chi connectivity index (χ1v) is 6.28. The highest BCUT2D eigenvalue weighted by atomic mass is 19.4. The van der Waals surface area contributed by atoms with Crippen LogP contribution in [0.1, 0.15) is 39.5 Å². The third kappa shape index (κ3) is 5.25. The first-order valence-electron chi connectivity index (χ1n) is 6.28. The van der Waals surface area contributed by atoms with Crippen molar-refractivity contribution in [1.82, 2.24) is 5.32 Å². The Hall–Kier alpha value is -0.290. The van der Waals surface area contributed by atoms with E-state index in [-0.39, 0.29) is 0 Å². The molecule has 0 aliphatic heterocycles. The molecule has 1 aliphatic carbocycles. The molecule has 0 aromatic heterocycles. The van der Waals surface area contributed by atoms with E-state index in [1.807, 2.05) is 6.92 Å². The van der Waals surface area contributed by atoms with Crippen molar-refractivity contribution in [3.63, 3.8) is 0 Å². The molecule has 2 unspecified atom stereocenters. The zero-order chi connectivity index (χ0) is 12.9. The minimum Gasteiger partial charge on any atom is -0.364 e. The standard InChI is InChI=1S/C12H22F3NO/c1-3-16-8-11(17-9-12(13,14)15)6-4-5-10(2)7-11/h10,16H,3-9H2,1-2H3. The highest BCUT2D eigenvalue weighted by Crippen LogP contribution is 2.36. The van der Waals surface area contributed by atoms with Crippen molar-refractivity contribution in [2.45, 2.75) is 51.3 Å². The van der Waals surface area contributed by atoms with E-state index in [4.69, 9.17) is 4.74 Å². The van der Waals surface area contributed by atoms with Gasteiger partial charge in [0.25, 0.3) is 0 Å². The van der Waals surface area contributed by atoms with Crippen LogP contribution in [0.4, 0.5) is 13.2 Å². The molecule has 1 fully saturated rings. The van der Waals surface area contributed by atoms with Gasteiger partial charge in [0, 0.05) is 6.54 Å². The first kappa shape index (κ1) is 14.8. The van der Waals surface area contributed by atoms with E-state index >= 15 is 0 Å². The lowest BCUT2D eigenvalue weighted by molar-refractivity contribution is -0.212. The van der Waals surface area contributed by atoms with Gasteiger partial charge in [-0.3, -0.25) is 0 Å². The zero-order valence-corrected chi connectivity index (χ0v) is 10.6. The summed E-state index contributed by atoms with van der Waals surface area (Å²) in [6, 6.07) is 0. The fourth-order valence-corrected chi connectivity index (χ4v) is 2.54. The summed E-state index contributed by atoms with van der Waals surface area (Å²) in [5.41, 5.74) is -0.622. The van der Waals surface area contributed by atoms with E-state index in [1.165, 1.54) is 0 Å². The smallest absolute Gasteiger partial charge is 0.364 e. The van der Waals surface area contributed by atoms with Gasteiger partial charge in [-0.1, -0.05) is 26.7 Å². The Bertz CT molecular complexity index is 232. The molecule has 0 heterocycles. The van der Waals surface area contributed by atoms with E-state index in [1.54, 1.807) is 0 Å². The van der Waals surface area contributed by atoms with E-state index in [0.717, 1.165) is 32.2 Å². The minimum absolute atomic E-state index is 0.440. The van der Waals surface area contributed by atoms with Crippen LogP contribution in [0.5, 0.6) is 0 Å². The van der Waals surface area contributed by atoms with Gasteiger partial charge in [-0.15, -0.1) is 0 Å². The van der Waals surface area contributed by atoms with Gasteiger partial charge in [0.15, 0.2) is 0 Å². The Morgan fingerprint density at radius 1 is 1.41 bits per heavy atom. The van der Waals surface area contributed by atoms with Crippen molar-refractivity contribution in [2.75, 3.05) is 19.7 Å². The summed E-state index contributed by atoms with van der Waals surface area (Å²) in [6.45, 7) is 4.17. The number of hydrogen-bond acceptors (Lipinski definition) is 2. The molecule has 0 spiro atoms. The number of ether oxygens (including phenoxy) is 1. The van der Waals surface area contributed by atoms with Crippen LogP contribution in [0, 0.1) is 5.92 Å². The third-order valence-corrected chi connectivity index (χ3v) is 3.29. The molecule has 0 amide bonds. The second kappa shape index (κ2) is 6.05. The monoisotopic (exact) mass is 253 g/mol. The topological polar surface area (TPSA) is 21.3 Å². The molecule has 0 aromatic rings. The summed E-state index contributed by atoms with van der Waals surface area (Å²) in [6.07, 6.45) is -0.760. The van der Waals surface area contributed by atoms with Crippen LogP contribution in [-0.2, 0) is 4.74 Å². The van der Waals surface area contributed by atoms with E-state index in [2.05, 4.69) is 12.2 Å². The van der Waals surface area contributed by atoms with Crippen molar-refractivity contribution in [3.05, 3.63) is 0 Å². The summed E-state index contributed by atoms with van der Waals surface area (Å²) in [5, 5.41) is 3.12. The third-order valence-electron chi connectivity index (χ3n) is 3.29. The van der Waals surface area contributed by atoms with Crippen LogP contribution < -0.4 is 5.32 Å². The molecule has 2 nitrogen and oxygen atoms in total. The van der Waals surface area contributed by atoms with Crippen LogP contribution in [0.15, 0.2) is 0 Å². The van der Waals surface area contributed by atoms with Crippen LogP contribution in [0.3, 0.4) is 0 Å². The highest BCUT2D eigenvalue weighted by molar-refractivity contribution is 4.89. The largest absolute Gasteiger partial charge is 0.411 e. The van der Waals surface area contributed by atoms with Gasteiger partial charge in [-0.2, -0.15) is 13.2 Å². The number of likely N-dealkylation sites (N-methyl/N-ethyl adjacent to an activating group) is 1. The first-order chi connectivity index (χ1) is 7.87. The summed E-state index contributed by atoms with van der Waals surface area (Å²) in [5.74, 6) is 0.440. The number of hydrogen-bond donors (Lipinski definition) is 1. The number of nitrogens with one attached hydrogen (secondary N) is 1. The lowest BCUT2D eigenvalue weighted by atomic mass is 9.78. The van der Waals surface area contributed by atoms with Gasteiger partial charge in [-0.05, 0) is 25.3 Å². The van der Waals surface area contributed by atoms with Crippen molar-refractivity contribution in [3.8, 4) is 0 Å². The average Bonchev–Trinajstić information content (AvgIpc) is 2.23. The fourth-order valence-electron chi connectivity index (χ4n) is 2.54. The van der Waals surface area contributed by atoms with Gasteiger partial charge >= 0.3 is 6.18 Å². The summed E-state index contributed by atoms with van der Waals surface area (Å²) in [4.78, 5) is 0. The maximum atomic E-state index is 12.3. The van der Waals surface area contributed by atoms with E-state index in [0.29, 0.717) is 12.5 Å². The Morgan fingerprint density at radius 2 is 2.12 bits per heavy atom. The summed E-state index contributed by atoms with van der Waals surface area (Å²) in [7, 11) is 0. The normalized spacial score (nSPS) is 30.5. The predicted octanol–water partition coefficient (Wildman–Crippen LogP) is 3.12. The van der Waals surface area contributed by atoms with Crippen LogP contribution >= 0.6 is 0 Å². The van der Waals surface area contributed by atoms with Gasteiger partial charge in [0.1, 0.15) is 6.61 Å². The molecule has 1 N–H and O–H groups in total. The Balaban J connectivity index is 2.58. The molecule has 1 saturated carbocycles. The molecule has 1 aliphatic rings. The van der Waals surface area contributed by atoms with Crippen molar-refractivity contribution < 1.29 is 17.9 Å². The molecule has 102 valence electrons. The highest BCUT2D eigenvalue weighted by Gasteiger charge is 2.39. The molecule has 17 heavy (non-hydrogen) atoms. The van der Waals surface area contributed by atoms with Gasteiger partial charge < -0.3 is 10.1 Å². The quantitative estimate of drug-likeness (QED) is 0.812. The van der Waals surface area contributed by atoms with Crippen LogP contribution in [0.2, 0.25) is 0 Å². The number of rotatable bonds is 5.